The summed E-state index contributed by atoms with van der Waals surface area (Å²) in [5.41, 5.74) is 1.21. The average molecular weight is 300 g/mol. The van der Waals surface area contributed by atoms with Crippen LogP contribution in [0.25, 0.3) is 0 Å². The van der Waals surface area contributed by atoms with Crippen LogP contribution in [-0.2, 0) is 6.54 Å². The first kappa shape index (κ1) is 13.1. The molecule has 2 rings (SSSR count). The second-order valence-corrected chi connectivity index (χ2v) is 5.58. The van der Waals surface area contributed by atoms with Crippen molar-refractivity contribution >= 4 is 15.9 Å². The predicted molar refractivity (Wildman–Crippen MR) is 74.5 cm³/mol. The molecule has 1 aromatic heterocycles. The number of aromatic nitrogens is 2. The summed E-state index contributed by atoms with van der Waals surface area (Å²) in [6, 6.07) is 2.84. The maximum atomic E-state index is 4.72. The van der Waals surface area contributed by atoms with Crippen LogP contribution in [0.4, 0.5) is 0 Å². The number of alkyl halides is 1. The zero-order valence-corrected chi connectivity index (χ0v) is 12.2. The predicted octanol–water partition coefficient (Wildman–Crippen LogP) is 3.22. The van der Waals surface area contributed by atoms with E-state index in [2.05, 4.69) is 44.7 Å². The van der Waals surface area contributed by atoms with Crippen molar-refractivity contribution < 1.29 is 0 Å². The molecule has 1 aliphatic rings. The van der Waals surface area contributed by atoms with Crippen LogP contribution in [-0.4, -0.2) is 33.1 Å². The molecular formula is C13H22BrN3. The van der Waals surface area contributed by atoms with Gasteiger partial charge in [-0.15, -0.1) is 0 Å². The van der Waals surface area contributed by atoms with Gasteiger partial charge in [0.05, 0.1) is 11.7 Å². The molecule has 4 heteroatoms. The van der Waals surface area contributed by atoms with Crippen LogP contribution in [0.3, 0.4) is 0 Å². The molecule has 0 aromatic carbocycles. The van der Waals surface area contributed by atoms with Gasteiger partial charge in [-0.25, -0.2) is 0 Å². The second-order valence-electron chi connectivity index (χ2n) is 4.78. The third-order valence-electron chi connectivity index (χ3n) is 3.60. The van der Waals surface area contributed by atoms with E-state index in [1.54, 1.807) is 0 Å². The van der Waals surface area contributed by atoms with Gasteiger partial charge < -0.3 is 0 Å². The molecule has 0 bridgehead atoms. The summed E-state index contributed by atoms with van der Waals surface area (Å²) in [5, 5.41) is 5.75. The molecule has 0 amide bonds. The van der Waals surface area contributed by atoms with Crippen molar-refractivity contribution in [1.29, 1.82) is 0 Å². The van der Waals surface area contributed by atoms with Gasteiger partial charge in [0.15, 0.2) is 0 Å². The van der Waals surface area contributed by atoms with Gasteiger partial charge in [0.1, 0.15) is 0 Å². The van der Waals surface area contributed by atoms with Crippen LogP contribution in [0.2, 0.25) is 0 Å². The lowest BCUT2D eigenvalue weighted by Crippen LogP contribution is -2.25. The minimum absolute atomic E-state index is 0.662. The van der Waals surface area contributed by atoms with Crippen molar-refractivity contribution in [3.8, 4) is 0 Å². The molecule has 3 nitrogen and oxygen atoms in total. The van der Waals surface area contributed by atoms with Gasteiger partial charge in [0.2, 0.25) is 0 Å². The summed E-state index contributed by atoms with van der Waals surface area (Å²) < 4.78 is 2.18. The van der Waals surface area contributed by atoms with Crippen molar-refractivity contribution in [1.82, 2.24) is 14.7 Å². The van der Waals surface area contributed by atoms with Crippen LogP contribution >= 0.6 is 15.9 Å². The van der Waals surface area contributed by atoms with E-state index in [4.69, 9.17) is 5.10 Å². The molecule has 1 aromatic rings. The summed E-state index contributed by atoms with van der Waals surface area (Å²) in [6.45, 7) is 5.35. The van der Waals surface area contributed by atoms with Crippen LogP contribution < -0.4 is 0 Å². The van der Waals surface area contributed by atoms with E-state index in [0.717, 1.165) is 25.0 Å². The molecule has 0 spiro atoms. The highest BCUT2D eigenvalue weighted by atomic mass is 79.9. The van der Waals surface area contributed by atoms with Gasteiger partial charge in [0, 0.05) is 24.6 Å². The molecule has 0 atom stereocenters. The lowest BCUT2D eigenvalue weighted by atomic mass is 10.3. The lowest BCUT2D eigenvalue weighted by molar-refractivity contribution is 0.293. The molecule has 1 heterocycles. The van der Waals surface area contributed by atoms with E-state index in [-0.39, 0.29) is 0 Å². The average Bonchev–Trinajstić information content (AvgIpc) is 2.98. The highest BCUT2D eigenvalue weighted by molar-refractivity contribution is 9.09. The van der Waals surface area contributed by atoms with Crippen molar-refractivity contribution in [3.05, 3.63) is 18.0 Å². The summed E-state index contributed by atoms with van der Waals surface area (Å²) in [5.74, 6) is 0. The minimum atomic E-state index is 0.662. The largest absolute Gasteiger partial charge is 0.297 e. The fourth-order valence-corrected chi connectivity index (χ4v) is 3.03. The Morgan fingerprint density at radius 1 is 1.47 bits per heavy atom. The molecule has 0 N–H and O–H groups in total. The maximum Gasteiger partial charge on any atom is 0.0764 e. The van der Waals surface area contributed by atoms with Crippen molar-refractivity contribution in [2.45, 2.75) is 45.2 Å². The third kappa shape index (κ3) is 3.55. The fourth-order valence-electron chi connectivity index (χ4n) is 2.53. The summed E-state index contributed by atoms with van der Waals surface area (Å²) in [7, 11) is 0. The molecule has 1 saturated carbocycles. The normalized spacial score (nSPS) is 17.1. The first-order valence-electron chi connectivity index (χ1n) is 6.66. The van der Waals surface area contributed by atoms with E-state index in [0.29, 0.717) is 6.04 Å². The Bertz CT molecular complexity index is 331. The summed E-state index contributed by atoms with van der Waals surface area (Å²) >= 11 is 3.50. The molecule has 0 radical (unpaired) electrons. The molecule has 0 unspecified atom stereocenters. The number of nitrogens with zero attached hydrogens (tertiary/aromatic N) is 3. The Morgan fingerprint density at radius 2 is 2.24 bits per heavy atom. The Morgan fingerprint density at radius 3 is 2.88 bits per heavy atom. The Balaban J connectivity index is 1.92. The van der Waals surface area contributed by atoms with Gasteiger partial charge in [-0.1, -0.05) is 35.7 Å². The van der Waals surface area contributed by atoms with Crippen molar-refractivity contribution in [3.63, 3.8) is 0 Å². The molecule has 17 heavy (non-hydrogen) atoms. The van der Waals surface area contributed by atoms with Crippen LogP contribution in [0, 0.1) is 0 Å². The van der Waals surface area contributed by atoms with E-state index in [1.165, 1.54) is 31.4 Å². The third-order valence-corrected chi connectivity index (χ3v) is 3.95. The topological polar surface area (TPSA) is 21.1 Å². The first-order chi connectivity index (χ1) is 8.33. The zero-order valence-electron chi connectivity index (χ0n) is 10.6. The van der Waals surface area contributed by atoms with E-state index in [9.17, 15) is 0 Å². The van der Waals surface area contributed by atoms with Gasteiger partial charge >= 0.3 is 0 Å². The van der Waals surface area contributed by atoms with Gasteiger partial charge in [0.25, 0.3) is 0 Å². The number of rotatable bonds is 6. The molecule has 0 saturated heterocycles. The Labute approximate surface area is 112 Å². The van der Waals surface area contributed by atoms with E-state index < -0.39 is 0 Å². The summed E-state index contributed by atoms with van der Waals surface area (Å²) in [6.07, 6.45) is 7.50. The lowest BCUT2D eigenvalue weighted by Gasteiger charge is -2.17. The molecular weight excluding hydrogens is 278 g/mol. The first-order valence-corrected chi connectivity index (χ1v) is 7.78. The highest BCUT2D eigenvalue weighted by Crippen LogP contribution is 2.28. The van der Waals surface area contributed by atoms with E-state index >= 15 is 0 Å². The quantitative estimate of drug-likeness (QED) is 0.752. The van der Waals surface area contributed by atoms with E-state index in [1.807, 2.05) is 0 Å². The summed E-state index contributed by atoms with van der Waals surface area (Å²) in [4.78, 5) is 2.41. The Hall–Kier alpha value is -0.350. The SMILES string of the molecule is CCN(CCBr)Cc1ccn(C2CCCC2)n1. The molecule has 1 aliphatic carbocycles. The number of hydrogen-bond acceptors (Lipinski definition) is 2. The monoisotopic (exact) mass is 299 g/mol. The number of hydrogen-bond donors (Lipinski definition) is 0. The molecule has 0 aliphatic heterocycles. The smallest absolute Gasteiger partial charge is 0.0764 e. The highest BCUT2D eigenvalue weighted by Gasteiger charge is 2.17. The van der Waals surface area contributed by atoms with Gasteiger partial charge in [-0.3, -0.25) is 9.58 Å². The fraction of sp³-hybridized carbons (Fsp3) is 0.769. The molecule has 96 valence electrons. The van der Waals surface area contributed by atoms with Gasteiger partial charge in [-0.05, 0) is 25.5 Å². The standard InChI is InChI=1S/C13H22BrN3/c1-2-16(10-8-14)11-12-7-9-17(15-12)13-5-3-4-6-13/h7,9,13H,2-6,8,10-11H2,1H3. The zero-order chi connectivity index (χ0) is 12.1. The maximum absolute atomic E-state index is 4.72. The second kappa shape index (κ2) is 6.55. The van der Waals surface area contributed by atoms with Gasteiger partial charge in [-0.2, -0.15) is 5.10 Å². The van der Waals surface area contributed by atoms with Crippen LogP contribution in [0.5, 0.6) is 0 Å². The van der Waals surface area contributed by atoms with Crippen LogP contribution in [0.1, 0.15) is 44.3 Å². The Kier molecular flexibility index (Phi) is 5.04. The minimum Gasteiger partial charge on any atom is -0.297 e. The van der Waals surface area contributed by atoms with Crippen molar-refractivity contribution in [2.24, 2.45) is 0 Å². The van der Waals surface area contributed by atoms with Crippen molar-refractivity contribution in [2.75, 3.05) is 18.4 Å². The number of halogens is 1. The van der Waals surface area contributed by atoms with Crippen LogP contribution in [0.15, 0.2) is 12.3 Å². The molecule has 1 fully saturated rings.